The lowest BCUT2D eigenvalue weighted by Crippen LogP contribution is -2.50. The molecule has 98 valence electrons. The summed E-state index contributed by atoms with van der Waals surface area (Å²) in [6, 6.07) is 6.22. The molecular formula is C14H16N4O. The van der Waals surface area contributed by atoms with Crippen LogP contribution in [0.4, 0.5) is 0 Å². The number of rotatable bonds is 2. The van der Waals surface area contributed by atoms with Crippen LogP contribution in [0.3, 0.4) is 0 Å². The molecule has 19 heavy (non-hydrogen) atoms. The van der Waals surface area contributed by atoms with Gasteiger partial charge >= 0.3 is 0 Å². The van der Waals surface area contributed by atoms with E-state index in [9.17, 15) is 4.79 Å². The van der Waals surface area contributed by atoms with E-state index in [1.54, 1.807) is 6.20 Å². The van der Waals surface area contributed by atoms with E-state index in [0.29, 0.717) is 13.1 Å². The topological polar surface area (TPSA) is 51.0 Å². The number of benzene rings is 1. The number of amides is 1. The average molecular weight is 256 g/mol. The van der Waals surface area contributed by atoms with Crippen molar-refractivity contribution in [1.29, 1.82) is 0 Å². The largest absolute Gasteiger partial charge is 0.334 e. The smallest absolute Gasteiger partial charge is 0.254 e. The maximum absolute atomic E-state index is 12.3. The molecule has 0 aliphatic carbocycles. The van der Waals surface area contributed by atoms with Gasteiger partial charge in [0.15, 0.2) is 0 Å². The first-order chi connectivity index (χ1) is 9.13. The van der Waals surface area contributed by atoms with Crippen LogP contribution in [-0.4, -0.2) is 38.9 Å². The number of likely N-dealkylation sites (tertiary alicyclic amines) is 1. The zero-order valence-corrected chi connectivity index (χ0v) is 11.1. The molecule has 3 rings (SSSR count). The number of aryl methyl sites for hydroxylation is 2. The van der Waals surface area contributed by atoms with Gasteiger partial charge in [-0.3, -0.25) is 4.79 Å². The molecule has 0 radical (unpaired) electrons. The van der Waals surface area contributed by atoms with E-state index in [-0.39, 0.29) is 11.9 Å². The Morgan fingerprint density at radius 1 is 1.21 bits per heavy atom. The van der Waals surface area contributed by atoms with E-state index in [2.05, 4.69) is 16.4 Å². The number of aromatic nitrogens is 3. The van der Waals surface area contributed by atoms with Gasteiger partial charge in [0.2, 0.25) is 0 Å². The second kappa shape index (κ2) is 4.50. The minimum atomic E-state index is 0.100. The van der Waals surface area contributed by atoms with E-state index >= 15 is 0 Å². The minimum Gasteiger partial charge on any atom is -0.334 e. The van der Waals surface area contributed by atoms with Crippen LogP contribution in [0.15, 0.2) is 30.6 Å². The van der Waals surface area contributed by atoms with Gasteiger partial charge in [0, 0.05) is 24.8 Å². The van der Waals surface area contributed by atoms with Crippen molar-refractivity contribution in [2.24, 2.45) is 0 Å². The Balaban J connectivity index is 1.70. The highest BCUT2D eigenvalue weighted by Gasteiger charge is 2.32. The van der Waals surface area contributed by atoms with Gasteiger partial charge in [0.05, 0.1) is 12.2 Å². The Kier molecular flexibility index (Phi) is 2.81. The maximum atomic E-state index is 12.3. The molecule has 1 aliphatic heterocycles. The van der Waals surface area contributed by atoms with Gasteiger partial charge in [-0.1, -0.05) is 22.4 Å². The zero-order chi connectivity index (χ0) is 13.4. The van der Waals surface area contributed by atoms with Crippen LogP contribution in [0.1, 0.15) is 27.5 Å². The van der Waals surface area contributed by atoms with Gasteiger partial charge in [0.1, 0.15) is 0 Å². The highest BCUT2D eigenvalue weighted by atomic mass is 16.2. The molecule has 1 amide bonds. The van der Waals surface area contributed by atoms with E-state index in [4.69, 9.17) is 0 Å². The van der Waals surface area contributed by atoms with E-state index < -0.39 is 0 Å². The third-order valence-electron chi connectivity index (χ3n) is 3.43. The Bertz CT molecular complexity index is 580. The molecule has 1 aromatic heterocycles. The first kappa shape index (κ1) is 11.9. The van der Waals surface area contributed by atoms with Crippen molar-refractivity contribution in [2.45, 2.75) is 19.9 Å². The van der Waals surface area contributed by atoms with Crippen LogP contribution in [-0.2, 0) is 0 Å². The third-order valence-corrected chi connectivity index (χ3v) is 3.43. The lowest BCUT2D eigenvalue weighted by molar-refractivity contribution is 0.0498. The molecule has 0 saturated carbocycles. The summed E-state index contributed by atoms with van der Waals surface area (Å²) in [6.45, 7) is 5.43. The molecule has 0 atom stereocenters. The molecule has 5 heteroatoms. The van der Waals surface area contributed by atoms with Crippen molar-refractivity contribution < 1.29 is 4.79 Å². The average Bonchev–Trinajstić information content (AvgIpc) is 2.79. The summed E-state index contributed by atoms with van der Waals surface area (Å²) in [4.78, 5) is 14.2. The Morgan fingerprint density at radius 3 is 2.47 bits per heavy atom. The summed E-state index contributed by atoms with van der Waals surface area (Å²) in [6.07, 6.45) is 3.50. The summed E-state index contributed by atoms with van der Waals surface area (Å²) in [5, 5.41) is 7.75. The van der Waals surface area contributed by atoms with Crippen LogP contribution in [0.5, 0.6) is 0 Å². The highest BCUT2D eigenvalue weighted by Crippen LogP contribution is 2.22. The fraction of sp³-hybridized carbons (Fsp3) is 0.357. The summed E-state index contributed by atoms with van der Waals surface area (Å²) >= 11 is 0. The number of hydrogen-bond donors (Lipinski definition) is 0. The van der Waals surface area contributed by atoms with Gasteiger partial charge in [-0.2, -0.15) is 0 Å². The maximum Gasteiger partial charge on any atom is 0.254 e. The molecule has 0 bridgehead atoms. The SMILES string of the molecule is Cc1cc(C)cc(C(=O)N2CC(n3ccnn3)C2)c1. The normalized spacial score (nSPS) is 15.4. The number of carbonyl (C=O) groups excluding carboxylic acids is 1. The van der Waals surface area contributed by atoms with Crippen LogP contribution in [0.2, 0.25) is 0 Å². The first-order valence-electron chi connectivity index (χ1n) is 6.37. The predicted molar refractivity (Wildman–Crippen MR) is 70.9 cm³/mol. The molecule has 1 saturated heterocycles. The molecule has 0 N–H and O–H groups in total. The van der Waals surface area contributed by atoms with E-state index in [1.165, 1.54) is 0 Å². The molecule has 1 aliphatic rings. The van der Waals surface area contributed by atoms with Crippen LogP contribution in [0.25, 0.3) is 0 Å². The second-order valence-electron chi connectivity index (χ2n) is 5.12. The molecule has 5 nitrogen and oxygen atoms in total. The van der Waals surface area contributed by atoms with Crippen LogP contribution in [0, 0.1) is 13.8 Å². The minimum absolute atomic E-state index is 0.100. The van der Waals surface area contributed by atoms with Crippen molar-refractivity contribution in [3.8, 4) is 0 Å². The van der Waals surface area contributed by atoms with Gasteiger partial charge in [0.25, 0.3) is 5.91 Å². The van der Waals surface area contributed by atoms with E-state index in [1.807, 2.05) is 41.8 Å². The Morgan fingerprint density at radius 2 is 1.89 bits per heavy atom. The Labute approximate surface area is 111 Å². The fourth-order valence-electron chi connectivity index (χ4n) is 2.48. The highest BCUT2D eigenvalue weighted by molar-refractivity contribution is 5.95. The van der Waals surface area contributed by atoms with Crippen LogP contribution < -0.4 is 0 Å². The van der Waals surface area contributed by atoms with Crippen molar-refractivity contribution in [1.82, 2.24) is 19.9 Å². The molecule has 0 unspecified atom stereocenters. The summed E-state index contributed by atoms with van der Waals surface area (Å²) in [5.74, 6) is 0.100. The van der Waals surface area contributed by atoms with Gasteiger partial charge in [-0.15, -0.1) is 5.10 Å². The molecule has 1 fully saturated rings. The first-order valence-corrected chi connectivity index (χ1v) is 6.37. The van der Waals surface area contributed by atoms with Crippen molar-refractivity contribution in [3.05, 3.63) is 47.3 Å². The van der Waals surface area contributed by atoms with Crippen molar-refractivity contribution >= 4 is 5.91 Å². The zero-order valence-electron chi connectivity index (χ0n) is 11.1. The fourth-order valence-corrected chi connectivity index (χ4v) is 2.48. The predicted octanol–water partition coefficient (Wildman–Crippen LogP) is 1.59. The van der Waals surface area contributed by atoms with E-state index in [0.717, 1.165) is 16.7 Å². The quantitative estimate of drug-likeness (QED) is 0.820. The number of hydrogen-bond acceptors (Lipinski definition) is 3. The lowest BCUT2D eigenvalue weighted by atomic mass is 10.0. The molecule has 2 aromatic rings. The van der Waals surface area contributed by atoms with Gasteiger partial charge in [-0.05, 0) is 26.0 Å². The van der Waals surface area contributed by atoms with Gasteiger partial charge < -0.3 is 4.90 Å². The summed E-state index contributed by atoms with van der Waals surface area (Å²) in [5.41, 5.74) is 3.02. The molecule has 2 heterocycles. The summed E-state index contributed by atoms with van der Waals surface area (Å²) in [7, 11) is 0. The molecule has 0 spiro atoms. The van der Waals surface area contributed by atoms with Crippen molar-refractivity contribution in [3.63, 3.8) is 0 Å². The van der Waals surface area contributed by atoms with Gasteiger partial charge in [-0.25, -0.2) is 4.68 Å². The number of nitrogens with zero attached hydrogens (tertiary/aromatic N) is 4. The Hall–Kier alpha value is -2.17. The lowest BCUT2D eigenvalue weighted by Gasteiger charge is -2.38. The third kappa shape index (κ3) is 2.23. The number of carbonyl (C=O) groups is 1. The van der Waals surface area contributed by atoms with Crippen LogP contribution >= 0.6 is 0 Å². The molecule has 1 aromatic carbocycles. The standard InChI is InChI=1S/C14H16N4O/c1-10-5-11(2)7-12(6-10)14(19)17-8-13(9-17)18-4-3-15-16-18/h3-7,13H,8-9H2,1-2H3. The second-order valence-corrected chi connectivity index (χ2v) is 5.12. The molecular weight excluding hydrogens is 240 g/mol. The monoisotopic (exact) mass is 256 g/mol. The summed E-state index contributed by atoms with van der Waals surface area (Å²) < 4.78 is 1.81. The van der Waals surface area contributed by atoms with Crippen molar-refractivity contribution in [2.75, 3.05) is 13.1 Å².